The van der Waals surface area contributed by atoms with Gasteiger partial charge in [-0.15, -0.1) is 0 Å². The number of carbonyl (C=O) groups excluding carboxylic acids is 2. The largest absolute Gasteiger partial charge is 0.476 e. The van der Waals surface area contributed by atoms with E-state index in [0.29, 0.717) is 22.4 Å². The molecule has 0 spiro atoms. The Morgan fingerprint density at radius 3 is 2.00 bits per heavy atom. The quantitative estimate of drug-likeness (QED) is 0.333. The maximum atomic E-state index is 12.8. The summed E-state index contributed by atoms with van der Waals surface area (Å²) in [5, 5.41) is 2.95. The van der Waals surface area contributed by atoms with Crippen LogP contribution in [0, 0.1) is 6.92 Å². The van der Waals surface area contributed by atoms with Crippen LogP contribution in [0.4, 0.5) is 13.2 Å². The number of hydrogen-bond donors (Lipinski definition) is 1. The van der Waals surface area contributed by atoms with Crippen molar-refractivity contribution in [2.75, 3.05) is 6.61 Å². The Morgan fingerprint density at radius 2 is 1.49 bits per heavy atom. The van der Waals surface area contributed by atoms with E-state index >= 15 is 0 Å². The highest BCUT2D eigenvalue weighted by Gasteiger charge is 2.32. The monoisotopic (exact) mass is 513 g/mol. The lowest BCUT2D eigenvalue weighted by Crippen LogP contribution is -2.39. The fourth-order valence-electron chi connectivity index (χ4n) is 3.71. The number of amides is 1. The molecule has 0 saturated heterocycles. The Morgan fingerprint density at radius 1 is 0.919 bits per heavy atom. The summed E-state index contributed by atoms with van der Waals surface area (Å²) in [6.45, 7) is 8.99. The average Bonchev–Trinajstić information content (AvgIpc) is 2.85. The van der Waals surface area contributed by atoms with Crippen molar-refractivity contribution in [1.82, 2.24) is 5.32 Å². The molecular weight excluding hydrogens is 483 g/mol. The lowest BCUT2D eigenvalue weighted by atomic mass is 10.0. The number of aryl methyl sites for hydroxylation is 1. The average molecular weight is 514 g/mol. The van der Waals surface area contributed by atoms with Gasteiger partial charge in [0.05, 0.1) is 18.2 Å². The number of carbonyl (C=O) groups is 2. The molecule has 3 aromatic carbocycles. The van der Waals surface area contributed by atoms with Gasteiger partial charge in [0.2, 0.25) is 0 Å². The third-order valence-corrected chi connectivity index (χ3v) is 5.87. The first-order valence-corrected chi connectivity index (χ1v) is 11.9. The Labute approximate surface area is 214 Å². The maximum absolute atomic E-state index is 12.8. The summed E-state index contributed by atoms with van der Waals surface area (Å²) in [6.07, 6.45) is -4.39. The highest BCUT2D eigenvalue weighted by Crippen LogP contribution is 2.31. The van der Waals surface area contributed by atoms with Crippen LogP contribution in [0.15, 0.2) is 66.7 Å². The van der Waals surface area contributed by atoms with Gasteiger partial charge in [0.1, 0.15) is 5.75 Å². The van der Waals surface area contributed by atoms with E-state index in [0.717, 1.165) is 23.3 Å². The van der Waals surface area contributed by atoms with Crippen molar-refractivity contribution < 1.29 is 32.2 Å². The third kappa shape index (κ3) is 6.90. The normalized spacial score (nSPS) is 12.5. The Balaban J connectivity index is 1.66. The van der Waals surface area contributed by atoms with Crippen LogP contribution in [0.25, 0.3) is 11.1 Å². The van der Waals surface area contributed by atoms with E-state index in [9.17, 15) is 22.8 Å². The van der Waals surface area contributed by atoms with Crippen LogP contribution >= 0.6 is 0 Å². The number of benzene rings is 3. The van der Waals surface area contributed by atoms with E-state index < -0.39 is 23.3 Å². The standard InChI is InChI=1S/C29H30F3NO4/c1-6-36-27(35)28(4,5)37-25-16-13-23(17-18(25)2)19(3)33-26(34)22-9-7-20(8-10-22)21-11-14-24(15-12-21)29(30,31)32/h7-17,19H,6H2,1-5H3,(H,33,34). The molecule has 37 heavy (non-hydrogen) atoms. The van der Waals surface area contributed by atoms with Gasteiger partial charge >= 0.3 is 12.1 Å². The Hall–Kier alpha value is -3.81. The van der Waals surface area contributed by atoms with Gasteiger partial charge < -0.3 is 14.8 Å². The minimum Gasteiger partial charge on any atom is -0.476 e. The molecular formula is C29H30F3NO4. The van der Waals surface area contributed by atoms with Crippen LogP contribution in [0.2, 0.25) is 0 Å². The minimum absolute atomic E-state index is 0.262. The van der Waals surface area contributed by atoms with Crippen molar-refractivity contribution in [3.8, 4) is 16.9 Å². The number of esters is 1. The molecule has 0 aliphatic heterocycles. The second-order valence-electron chi connectivity index (χ2n) is 9.21. The molecule has 0 saturated carbocycles. The molecule has 0 radical (unpaired) electrons. The van der Waals surface area contributed by atoms with Crippen LogP contribution < -0.4 is 10.1 Å². The van der Waals surface area contributed by atoms with Gasteiger partial charge in [0.15, 0.2) is 5.60 Å². The summed E-state index contributed by atoms with van der Waals surface area (Å²) in [7, 11) is 0. The lowest BCUT2D eigenvalue weighted by Gasteiger charge is -2.25. The predicted octanol–water partition coefficient (Wildman–Crippen LogP) is 6.89. The van der Waals surface area contributed by atoms with Gasteiger partial charge in [-0.3, -0.25) is 4.79 Å². The van der Waals surface area contributed by atoms with Gasteiger partial charge in [-0.1, -0.05) is 36.4 Å². The highest BCUT2D eigenvalue weighted by atomic mass is 19.4. The number of nitrogens with one attached hydrogen (secondary N) is 1. The first-order valence-electron chi connectivity index (χ1n) is 11.9. The van der Waals surface area contributed by atoms with Crippen molar-refractivity contribution in [1.29, 1.82) is 0 Å². The molecule has 0 aromatic heterocycles. The number of hydrogen-bond acceptors (Lipinski definition) is 4. The molecule has 8 heteroatoms. The Kier molecular flexibility index (Phi) is 8.31. The maximum Gasteiger partial charge on any atom is 0.416 e. The molecule has 0 aliphatic carbocycles. The van der Waals surface area contributed by atoms with E-state index in [4.69, 9.17) is 9.47 Å². The van der Waals surface area contributed by atoms with Gasteiger partial charge in [-0.2, -0.15) is 13.2 Å². The predicted molar refractivity (Wildman–Crippen MR) is 135 cm³/mol. The zero-order chi connectivity index (χ0) is 27.4. The van der Waals surface area contributed by atoms with Gasteiger partial charge in [0, 0.05) is 5.56 Å². The van der Waals surface area contributed by atoms with Crippen molar-refractivity contribution in [3.05, 3.63) is 89.0 Å². The smallest absolute Gasteiger partial charge is 0.416 e. The van der Waals surface area contributed by atoms with Gasteiger partial charge in [-0.05, 0) is 87.2 Å². The first-order chi connectivity index (χ1) is 17.3. The third-order valence-electron chi connectivity index (χ3n) is 5.87. The second-order valence-corrected chi connectivity index (χ2v) is 9.21. The molecule has 0 bridgehead atoms. The molecule has 3 aromatic rings. The fraction of sp³-hybridized carbons (Fsp3) is 0.310. The van der Waals surface area contributed by atoms with Crippen molar-refractivity contribution in [2.45, 2.75) is 52.4 Å². The molecule has 5 nitrogen and oxygen atoms in total. The van der Waals surface area contributed by atoms with E-state index in [1.807, 2.05) is 26.0 Å². The van der Waals surface area contributed by atoms with E-state index in [-0.39, 0.29) is 18.6 Å². The highest BCUT2D eigenvalue weighted by molar-refractivity contribution is 5.95. The van der Waals surface area contributed by atoms with Gasteiger partial charge in [0.25, 0.3) is 5.91 Å². The van der Waals surface area contributed by atoms with Crippen molar-refractivity contribution in [3.63, 3.8) is 0 Å². The summed E-state index contributed by atoms with van der Waals surface area (Å²) < 4.78 is 49.3. The zero-order valence-electron chi connectivity index (χ0n) is 21.4. The minimum atomic E-state index is -4.39. The van der Waals surface area contributed by atoms with E-state index in [1.54, 1.807) is 51.1 Å². The molecule has 196 valence electrons. The van der Waals surface area contributed by atoms with E-state index in [2.05, 4.69) is 5.32 Å². The summed E-state index contributed by atoms with van der Waals surface area (Å²) in [4.78, 5) is 24.9. The molecule has 1 amide bonds. The van der Waals surface area contributed by atoms with Crippen LogP contribution in [0.5, 0.6) is 5.75 Å². The SMILES string of the molecule is CCOC(=O)C(C)(C)Oc1ccc(C(C)NC(=O)c2ccc(-c3ccc(C(F)(F)F)cc3)cc2)cc1C. The van der Waals surface area contributed by atoms with Crippen LogP contribution in [-0.4, -0.2) is 24.1 Å². The van der Waals surface area contributed by atoms with Gasteiger partial charge in [-0.25, -0.2) is 4.79 Å². The van der Waals surface area contributed by atoms with Crippen molar-refractivity contribution >= 4 is 11.9 Å². The lowest BCUT2D eigenvalue weighted by molar-refractivity contribution is -0.158. The fourth-order valence-corrected chi connectivity index (χ4v) is 3.71. The van der Waals surface area contributed by atoms with E-state index in [1.165, 1.54) is 12.1 Å². The number of ether oxygens (including phenoxy) is 2. The van der Waals surface area contributed by atoms with Crippen LogP contribution in [0.3, 0.4) is 0 Å². The first kappa shape index (κ1) is 27.8. The number of halogens is 3. The molecule has 3 rings (SSSR count). The topological polar surface area (TPSA) is 64.6 Å². The van der Waals surface area contributed by atoms with Crippen LogP contribution in [-0.2, 0) is 15.7 Å². The van der Waals surface area contributed by atoms with Crippen LogP contribution in [0.1, 0.15) is 60.8 Å². The molecule has 0 heterocycles. The molecule has 1 unspecified atom stereocenters. The molecule has 0 fully saturated rings. The second kappa shape index (κ2) is 11.1. The zero-order valence-corrected chi connectivity index (χ0v) is 21.4. The summed E-state index contributed by atoms with van der Waals surface area (Å²) in [5.41, 5.74) is 1.56. The number of alkyl halides is 3. The molecule has 1 N–H and O–H groups in total. The molecule has 0 aliphatic rings. The summed E-state index contributed by atoms with van der Waals surface area (Å²) in [6, 6.07) is 16.7. The number of rotatable bonds is 8. The molecule has 1 atom stereocenters. The van der Waals surface area contributed by atoms with Crippen molar-refractivity contribution in [2.24, 2.45) is 0 Å². The Bertz CT molecular complexity index is 1250. The summed E-state index contributed by atoms with van der Waals surface area (Å²) in [5.74, 6) is -0.199. The summed E-state index contributed by atoms with van der Waals surface area (Å²) >= 11 is 0.